The number of thiophene rings is 1. The third-order valence-corrected chi connectivity index (χ3v) is 4.93. The highest BCUT2D eigenvalue weighted by Crippen LogP contribution is 2.31. The monoisotopic (exact) mass is 345 g/mol. The lowest BCUT2D eigenvalue weighted by Crippen LogP contribution is -2.11. The summed E-state index contributed by atoms with van der Waals surface area (Å²) in [5.41, 5.74) is 1.20. The van der Waals surface area contributed by atoms with E-state index >= 15 is 0 Å². The van der Waals surface area contributed by atoms with Crippen LogP contribution in [-0.2, 0) is 13.1 Å². The molecule has 96 valence electrons. The highest BCUT2D eigenvalue weighted by molar-refractivity contribution is 9.10. The van der Waals surface area contributed by atoms with Crippen LogP contribution in [0.25, 0.3) is 0 Å². The summed E-state index contributed by atoms with van der Waals surface area (Å²) < 4.78 is 6.95. The van der Waals surface area contributed by atoms with E-state index < -0.39 is 0 Å². The summed E-state index contributed by atoms with van der Waals surface area (Å²) in [5.74, 6) is 0.885. The molecule has 2 aromatic rings. The van der Waals surface area contributed by atoms with Crippen LogP contribution in [0.2, 0.25) is 4.34 Å². The molecule has 0 radical (unpaired) electrons. The number of hydrogen-bond acceptors (Lipinski definition) is 3. The van der Waals surface area contributed by atoms with Crippen LogP contribution in [-0.4, -0.2) is 7.11 Å². The Balaban J connectivity index is 1.88. The zero-order valence-corrected chi connectivity index (χ0v) is 13.0. The first-order chi connectivity index (χ1) is 8.69. The van der Waals surface area contributed by atoms with Gasteiger partial charge >= 0.3 is 0 Å². The molecule has 0 unspecified atom stereocenters. The molecule has 0 spiro atoms. The summed E-state index contributed by atoms with van der Waals surface area (Å²) in [6.07, 6.45) is 0. The van der Waals surface area contributed by atoms with E-state index in [1.54, 1.807) is 18.4 Å². The molecule has 0 bridgehead atoms. The Bertz CT molecular complexity index is 510. The molecule has 0 aliphatic carbocycles. The first-order valence-corrected chi connectivity index (χ1v) is 7.45. The zero-order chi connectivity index (χ0) is 13.0. The van der Waals surface area contributed by atoms with Crippen molar-refractivity contribution in [3.63, 3.8) is 0 Å². The van der Waals surface area contributed by atoms with Gasteiger partial charge in [0.1, 0.15) is 10.1 Å². The van der Waals surface area contributed by atoms with Crippen molar-refractivity contribution < 1.29 is 4.74 Å². The molecule has 1 aromatic carbocycles. The average Bonchev–Trinajstić information content (AvgIpc) is 2.69. The molecule has 5 heteroatoms. The fraction of sp³-hybridized carbons (Fsp3) is 0.231. The summed E-state index contributed by atoms with van der Waals surface area (Å²) in [6.45, 7) is 1.62. The van der Waals surface area contributed by atoms with Crippen molar-refractivity contribution in [1.29, 1.82) is 0 Å². The third-order valence-electron chi connectivity index (χ3n) is 2.46. The Morgan fingerprint density at radius 1 is 1.33 bits per heavy atom. The Labute approximate surface area is 124 Å². The van der Waals surface area contributed by atoms with Crippen LogP contribution in [0.5, 0.6) is 5.75 Å². The largest absolute Gasteiger partial charge is 0.497 e. The predicted molar refractivity (Wildman–Crippen MR) is 80.6 cm³/mol. The minimum absolute atomic E-state index is 0.799. The predicted octanol–water partition coefficient (Wildman–Crippen LogP) is 4.46. The number of benzene rings is 1. The van der Waals surface area contributed by atoms with E-state index in [2.05, 4.69) is 27.3 Å². The molecular formula is C13H13BrClNOS. The Kier molecular flexibility index (Phi) is 5.06. The summed E-state index contributed by atoms with van der Waals surface area (Å²) in [6, 6.07) is 10.1. The smallest absolute Gasteiger partial charge is 0.119 e. The number of nitrogens with one attached hydrogen (secondary N) is 1. The number of rotatable bonds is 5. The highest BCUT2D eigenvalue weighted by Gasteiger charge is 2.04. The maximum Gasteiger partial charge on any atom is 0.119 e. The molecule has 1 aromatic heterocycles. The average molecular weight is 347 g/mol. The molecule has 2 rings (SSSR count). The Hall–Kier alpha value is -0.550. The molecule has 0 aliphatic heterocycles. The van der Waals surface area contributed by atoms with Gasteiger partial charge in [0, 0.05) is 22.4 Å². The number of halogens is 2. The summed E-state index contributed by atoms with van der Waals surface area (Å²) in [4.78, 5) is 1.22. The van der Waals surface area contributed by atoms with Crippen LogP contribution in [0.3, 0.4) is 0 Å². The van der Waals surface area contributed by atoms with Gasteiger partial charge in [-0.15, -0.1) is 11.3 Å². The van der Waals surface area contributed by atoms with Gasteiger partial charge in [0.25, 0.3) is 0 Å². The number of ether oxygens (including phenoxy) is 1. The normalized spacial score (nSPS) is 10.6. The SMILES string of the molecule is COc1cccc(CNCc2cc(Br)c(Cl)s2)c1. The minimum Gasteiger partial charge on any atom is -0.497 e. The van der Waals surface area contributed by atoms with E-state index in [-0.39, 0.29) is 0 Å². The number of methoxy groups -OCH3 is 1. The number of hydrogen-bond donors (Lipinski definition) is 1. The van der Waals surface area contributed by atoms with Crippen molar-refractivity contribution >= 4 is 38.9 Å². The standard InChI is InChI=1S/C13H13BrClNOS/c1-17-10-4-2-3-9(5-10)7-16-8-11-6-12(14)13(15)18-11/h2-6,16H,7-8H2,1H3. The topological polar surface area (TPSA) is 21.3 Å². The maximum atomic E-state index is 5.99. The van der Waals surface area contributed by atoms with Gasteiger partial charge in [0.15, 0.2) is 0 Å². The van der Waals surface area contributed by atoms with Gasteiger partial charge in [-0.2, -0.15) is 0 Å². The molecule has 0 fully saturated rings. The second kappa shape index (κ2) is 6.57. The van der Waals surface area contributed by atoms with E-state index in [0.717, 1.165) is 27.6 Å². The van der Waals surface area contributed by atoms with Crippen molar-refractivity contribution in [3.8, 4) is 5.75 Å². The minimum atomic E-state index is 0.799. The van der Waals surface area contributed by atoms with Crippen LogP contribution in [0, 0.1) is 0 Å². The van der Waals surface area contributed by atoms with Gasteiger partial charge < -0.3 is 10.1 Å². The summed E-state index contributed by atoms with van der Waals surface area (Å²) in [7, 11) is 1.68. The molecule has 0 saturated heterocycles. The first-order valence-electron chi connectivity index (χ1n) is 5.46. The zero-order valence-electron chi connectivity index (χ0n) is 9.87. The van der Waals surface area contributed by atoms with Gasteiger partial charge in [-0.05, 0) is 39.7 Å². The Morgan fingerprint density at radius 2 is 2.17 bits per heavy atom. The van der Waals surface area contributed by atoms with Gasteiger partial charge in [0.05, 0.1) is 7.11 Å². The molecule has 0 atom stereocenters. The highest BCUT2D eigenvalue weighted by atomic mass is 79.9. The van der Waals surface area contributed by atoms with Crippen molar-refractivity contribution in [2.24, 2.45) is 0 Å². The molecule has 0 saturated carbocycles. The van der Waals surface area contributed by atoms with Crippen LogP contribution < -0.4 is 10.1 Å². The van der Waals surface area contributed by atoms with Crippen LogP contribution in [0.15, 0.2) is 34.8 Å². The fourth-order valence-electron chi connectivity index (χ4n) is 1.59. The van der Waals surface area contributed by atoms with Crippen molar-refractivity contribution in [2.75, 3.05) is 7.11 Å². The van der Waals surface area contributed by atoms with Gasteiger partial charge in [-0.1, -0.05) is 23.7 Å². The molecule has 1 N–H and O–H groups in total. The van der Waals surface area contributed by atoms with E-state index in [4.69, 9.17) is 16.3 Å². The quantitative estimate of drug-likeness (QED) is 0.863. The first kappa shape index (κ1) is 13.9. The van der Waals surface area contributed by atoms with E-state index in [1.165, 1.54) is 10.4 Å². The maximum absolute atomic E-state index is 5.99. The van der Waals surface area contributed by atoms with Crippen molar-refractivity contribution in [3.05, 3.63) is 49.6 Å². The molecule has 0 amide bonds. The van der Waals surface area contributed by atoms with Gasteiger partial charge in [0.2, 0.25) is 0 Å². The van der Waals surface area contributed by atoms with Crippen LogP contribution >= 0.6 is 38.9 Å². The second-order valence-corrected chi connectivity index (χ2v) is 6.38. The fourth-order valence-corrected chi connectivity index (χ4v) is 3.35. The summed E-state index contributed by atoms with van der Waals surface area (Å²) >= 11 is 11.0. The molecule has 1 heterocycles. The lowest BCUT2D eigenvalue weighted by molar-refractivity contribution is 0.414. The third kappa shape index (κ3) is 3.72. The van der Waals surface area contributed by atoms with Gasteiger partial charge in [-0.3, -0.25) is 0 Å². The van der Waals surface area contributed by atoms with Crippen LogP contribution in [0.1, 0.15) is 10.4 Å². The lowest BCUT2D eigenvalue weighted by Gasteiger charge is -2.05. The van der Waals surface area contributed by atoms with E-state index in [0.29, 0.717) is 0 Å². The summed E-state index contributed by atoms with van der Waals surface area (Å²) in [5, 5.41) is 3.39. The van der Waals surface area contributed by atoms with E-state index in [9.17, 15) is 0 Å². The van der Waals surface area contributed by atoms with Crippen molar-refractivity contribution in [1.82, 2.24) is 5.32 Å². The van der Waals surface area contributed by atoms with Crippen molar-refractivity contribution in [2.45, 2.75) is 13.1 Å². The van der Waals surface area contributed by atoms with Gasteiger partial charge in [-0.25, -0.2) is 0 Å². The molecule has 18 heavy (non-hydrogen) atoms. The lowest BCUT2D eigenvalue weighted by atomic mass is 10.2. The Morgan fingerprint density at radius 3 is 2.83 bits per heavy atom. The van der Waals surface area contributed by atoms with E-state index in [1.807, 2.05) is 24.3 Å². The molecule has 0 aliphatic rings. The second-order valence-electron chi connectivity index (χ2n) is 3.79. The molecule has 2 nitrogen and oxygen atoms in total. The molecular weight excluding hydrogens is 334 g/mol. The van der Waals surface area contributed by atoms with Crippen LogP contribution in [0.4, 0.5) is 0 Å².